The normalized spacial score (nSPS) is 13.4. The molecule has 0 unspecified atom stereocenters. The zero-order chi connectivity index (χ0) is 20.5. The number of hydrogen-bond donors (Lipinski definition) is 1. The van der Waals surface area contributed by atoms with Crippen molar-refractivity contribution >= 4 is 34.9 Å². The maximum absolute atomic E-state index is 12.8. The third-order valence-corrected chi connectivity index (χ3v) is 6.01. The lowest BCUT2D eigenvalue weighted by molar-refractivity contribution is -0.115. The van der Waals surface area contributed by atoms with E-state index < -0.39 is 0 Å². The van der Waals surface area contributed by atoms with Gasteiger partial charge in [0.15, 0.2) is 11.6 Å². The summed E-state index contributed by atoms with van der Waals surface area (Å²) in [5.41, 5.74) is 3.19. The second kappa shape index (κ2) is 7.68. The predicted octanol–water partition coefficient (Wildman–Crippen LogP) is 4.89. The van der Waals surface area contributed by atoms with E-state index in [1.54, 1.807) is 42.5 Å². The molecule has 0 spiro atoms. The Hall–Kier alpha value is -3.18. The van der Waals surface area contributed by atoms with Crippen LogP contribution in [0.4, 0.5) is 5.69 Å². The summed E-state index contributed by atoms with van der Waals surface area (Å²) in [5, 5.41) is 2.55. The lowest BCUT2D eigenvalue weighted by Crippen LogP contribution is -2.24. The molecule has 1 N–H and O–H groups in total. The number of fused-ring (bicyclic) bond motifs is 2. The molecule has 144 valence electrons. The molecule has 1 amide bonds. The molecule has 0 aliphatic heterocycles. The molecular formula is C24H19NO3S. The summed E-state index contributed by atoms with van der Waals surface area (Å²) in [4.78, 5) is 39.1. The van der Waals surface area contributed by atoms with Crippen LogP contribution < -0.4 is 5.32 Å². The fourth-order valence-electron chi connectivity index (χ4n) is 3.30. The number of aryl methyl sites for hydroxylation is 1. The van der Waals surface area contributed by atoms with Crippen molar-refractivity contribution < 1.29 is 14.4 Å². The molecule has 0 bridgehead atoms. The van der Waals surface area contributed by atoms with Crippen LogP contribution in [0.5, 0.6) is 0 Å². The minimum absolute atomic E-state index is 0.162. The molecule has 0 radical (unpaired) electrons. The minimum Gasteiger partial charge on any atom is -0.325 e. The summed E-state index contributed by atoms with van der Waals surface area (Å²) in [6, 6.07) is 19.7. The quantitative estimate of drug-likeness (QED) is 0.495. The van der Waals surface area contributed by atoms with E-state index in [1.807, 2.05) is 38.1 Å². The van der Waals surface area contributed by atoms with E-state index in [0.29, 0.717) is 27.9 Å². The average molecular weight is 401 g/mol. The summed E-state index contributed by atoms with van der Waals surface area (Å²) >= 11 is 1.47. The Labute approximate surface area is 173 Å². The van der Waals surface area contributed by atoms with Gasteiger partial charge in [0, 0.05) is 32.8 Å². The van der Waals surface area contributed by atoms with Crippen LogP contribution in [0.1, 0.15) is 44.3 Å². The van der Waals surface area contributed by atoms with Gasteiger partial charge in [-0.1, -0.05) is 42.0 Å². The SMILES string of the molecule is Cc1ccc(S[C@H](C)C(=O)Nc2ccc3c(c2)C(=O)c2ccccc2C3=O)cc1. The molecule has 0 heterocycles. The number of rotatable bonds is 4. The highest BCUT2D eigenvalue weighted by atomic mass is 32.2. The van der Waals surface area contributed by atoms with Crippen LogP contribution in [0.3, 0.4) is 0 Å². The molecule has 29 heavy (non-hydrogen) atoms. The van der Waals surface area contributed by atoms with Crippen molar-refractivity contribution in [2.45, 2.75) is 24.0 Å². The summed E-state index contributed by atoms with van der Waals surface area (Å²) in [6.45, 7) is 3.86. The molecular weight excluding hydrogens is 382 g/mol. The molecule has 0 aromatic heterocycles. The van der Waals surface area contributed by atoms with Gasteiger partial charge in [0.25, 0.3) is 0 Å². The first-order valence-electron chi connectivity index (χ1n) is 9.30. The largest absolute Gasteiger partial charge is 0.325 e. The molecule has 1 aliphatic carbocycles. The number of anilines is 1. The Morgan fingerprint density at radius 2 is 1.41 bits per heavy atom. The number of thioether (sulfide) groups is 1. The van der Waals surface area contributed by atoms with Crippen molar-refractivity contribution in [2.75, 3.05) is 5.32 Å². The van der Waals surface area contributed by atoms with E-state index in [-0.39, 0.29) is 22.7 Å². The Kier molecular flexibility index (Phi) is 5.07. The van der Waals surface area contributed by atoms with E-state index in [0.717, 1.165) is 4.90 Å². The summed E-state index contributed by atoms with van der Waals surface area (Å²) in [5.74, 6) is -0.532. The topological polar surface area (TPSA) is 63.2 Å². The molecule has 1 atom stereocenters. The molecule has 0 saturated heterocycles. The van der Waals surface area contributed by atoms with Crippen molar-refractivity contribution in [3.05, 3.63) is 94.5 Å². The zero-order valence-electron chi connectivity index (χ0n) is 16.1. The van der Waals surface area contributed by atoms with Crippen LogP contribution in [-0.2, 0) is 4.79 Å². The predicted molar refractivity (Wildman–Crippen MR) is 115 cm³/mol. The molecule has 0 fully saturated rings. The van der Waals surface area contributed by atoms with E-state index >= 15 is 0 Å². The first-order valence-corrected chi connectivity index (χ1v) is 10.2. The highest BCUT2D eigenvalue weighted by Crippen LogP contribution is 2.30. The second-order valence-electron chi connectivity index (χ2n) is 7.03. The van der Waals surface area contributed by atoms with E-state index in [4.69, 9.17) is 0 Å². The first kappa shape index (κ1) is 19.2. The number of amides is 1. The fourth-order valence-corrected chi connectivity index (χ4v) is 4.16. The smallest absolute Gasteiger partial charge is 0.237 e. The summed E-state index contributed by atoms with van der Waals surface area (Å²) in [7, 11) is 0. The van der Waals surface area contributed by atoms with Crippen LogP contribution in [0.15, 0.2) is 71.6 Å². The highest BCUT2D eigenvalue weighted by Gasteiger charge is 2.29. The van der Waals surface area contributed by atoms with Gasteiger partial charge < -0.3 is 5.32 Å². The molecule has 5 heteroatoms. The van der Waals surface area contributed by atoms with Gasteiger partial charge in [-0.3, -0.25) is 14.4 Å². The van der Waals surface area contributed by atoms with Crippen molar-refractivity contribution in [1.82, 2.24) is 0 Å². The van der Waals surface area contributed by atoms with Gasteiger partial charge in [-0.2, -0.15) is 0 Å². The third kappa shape index (κ3) is 3.74. The molecule has 1 aliphatic rings. The Morgan fingerprint density at radius 1 is 0.828 bits per heavy atom. The van der Waals surface area contributed by atoms with Gasteiger partial charge in [0.05, 0.1) is 5.25 Å². The Morgan fingerprint density at radius 3 is 2.07 bits per heavy atom. The second-order valence-corrected chi connectivity index (χ2v) is 8.44. The number of benzene rings is 3. The van der Waals surface area contributed by atoms with Crippen LogP contribution in [-0.4, -0.2) is 22.7 Å². The number of nitrogens with one attached hydrogen (secondary N) is 1. The van der Waals surface area contributed by atoms with E-state index in [9.17, 15) is 14.4 Å². The Bertz CT molecular complexity index is 1140. The van der Waals surface area contributed by atoms with Gasteiger partial charge >= 0.3 is 0 Å². The molecule has 3 aromatic rings. The number of carbonyl (C=O) groups is 3. The molecule has 4 rings (SSSR count). The van der Waals surface area contributed by atoms with Gasteiger partial charge in [0.2, 0.25) is 5.91 Å². The standard InChI is InChI=1S/C24H19NO3S/c1-14-7-10-17(11-8-14)29-15(2)24(28)25-16-9-12-20-21(13-16)23(27)19-6-4-3-5-18(19)22(20)26/h3-13,15H,1-2H3,(H,25,28)/t15-/m1/s1. The fraction of sp³-hybridized carbons (Fsp3) is 0.125. The highest BCUT2D eigenvalue weighted by molar-refractivity contribution is 8.00. The Balaban J connectivity index is 1.53. The lowest BCUT2D eigenvalue weighted by atomic mass is 9.84. The number of hydrogen-bond acceptors (Lipinski definition) is 4. The van der Waals surface area contributed by atoms with Crippen LogP contribution >= 0.6 is 11.8 Å². The van der Waals surface area contributed by atoms with Gasteiger partial charge in [0.1, 0.15) is 0 Å². The van der Waals surface area contributed by atoms with Crippen molar-refractivity contribution in [3.8, 4) is 0 Å². The summed E-state index contributed by atoms with van der Waals surface area (Å²) < 4.78 is 0. The van der Waals surface area contributed by atoms with E-state index in [1.165, 1.54) is 17.3 Å². The van der Waals surface area contributed by atoms with Gasteiger partial charge in [-0.15, -0.1) is 11.8 Å². The lowest BCUT2D eigenvalue weighted by Gasteiger charge is -2.18. The van der Waals surface area contributed by atoms with Crippen molar-refractivity contribution in [1.29, 1.82) is 0 Å². The number of ketones is 2. The monoisotopic (exact) mass is 401 g/mol. The van der Waals surface area contributed by atoms with Crippen LogP contribution in [0, 0.1) is 6.92 Å². The van der Waals surface area contributed by atoms with Crippen LogP contribution in [0.25, 0.3) is 0 Å². The molecule has 0 saturated carbocycles. The zero-order valence-corrected chi connectivity index (χ0v) is 16.9. The maximum Gasteiger partial charge on any atom is 0.237 e. The average Bonchev–Trinajstić information content (AvgIpc) is 2.73. The maximum atomic E-state index is 12.8. The van der Waals surface area contributed by atoms with Gasteiger partial charge in [-0.25, -0.2) is 0 Å². The number of carbonyl (C=O) groups excluding carboxylic acids is 3. The van der Waals surface area contributed by atoms with Crippen molar-refractivity contribution in [3.63, 3.8) is 0 Å². The van der Waals surface area contributed by atoms with Crippen LogP contribution in [0.2, 0.25) is 0 Å². The summed E-state index contributed by atoms with van der Waals surface area (Å²) in [6.07, 6.45) is 0. The first-order chi connectivity index (χ1) is 13.9. The molecule has 3 aromatic carbocycles. The van der Waals surface area contributed by atoms with E-state index in [2.05, 4.69) is 5.32 Å². The van der Waals surface area contributed by atoms with Gasteiger partial charge in [-0.05, 0) is 44.2 Å². The van der Waals surface area contributed by atoms with Crippen molar-refractivity contribution in [2.24, 2.45) is 0 Å². The third-order valence-electron chi connectivity index (χ3n) is 4.90. The minimum atomic E-state index is -0.313. The molecule has 4 nitrogen and oxygen atoms in total.